The first-order valence-corrected chi connectivity index (χ1v) is 15.5. The molecule has 1 heterocycles. The van der Waals surface area contributed by atoms with E-state index in [1.807, 2.05) is 0 Å². The van der Waals surface area contributed by atoms with Crippen LogP contribution in [0.4, 0.5) is 0 Å². The van der Waals surface area contributed by atoms with Crippen molar-refractivity contribution in [2.75, 3.05) is 6.54 Å². The van der Waals surface area contributed by atoms with Crippen molar-refractivity contribution in [3.05, 3.63) is 65.7 Å². The van der Waals surface area contributed by atoms with Crippen molar-refractivity contribution >= 4 is 33.5 Å². The number of amides is 1. The van der Waals surface area contributed by atoms with Gasteiger partial charge < -0.3 is 16.2 Å². The number of sulfonamides is 1. The number of hydrogen-bond donors (Lipinski definition) is 4. The molecule has 41 heavy (non-hydrogen) atoms. The van der Waals surface area contributed by atoms with Gasteiger partial charge in [-0.3, -0.25) is 15.0 Å². The number of nitrogens with two attached hydrogens (primary N) is 1. The van der Waals surface area contributed by atoms with Crippen LogP contribution in [-0.2, 0) is 37.2 Å². The molecule has 0 bridgehead atoms. The molecule has 2 aromatic rings. The van der Waals surface area contributed by atoms with E-state index in [1.165, 1.54) is 12.1 Å². The summed E-state index contributed by atoms with van der Waals surface area (Å²) >= 11 is 0. The predicted octanol–water partition coefficient (Wildman–Crippen LogP) is 2.90. The van der Waals surface area contributed by atoms with E-state index in [4.69, 9.17) is 11.1 Å². The number of carboxylic acids is 1. The highest BCUT2D eigenvalue weighted by Crippen LogP contribution is 2.32. The highest BCUT2D eigenvalue weighted by atomic mass is 32.2. The second-order valence-corrected chi connectivity index (χ2v) is 13.0. The van der Waals surface area contributed by atoms with Crippen LogP contribution >= 0.6 is 0 Å². The van der Waals surface area contributed by atoms with Gasteiger partial charge in [0.25, 0.3) is 0 Å². The molecule has 1 saturated carbocycles. The fraction of sp³-hybridized carbons (Fsp3) is 0.467. The standard InChI is InChI=1S/C30H38N4O6S/c31-28(32)19-22-12-14-23(15-13-22)27(35)18-21-10-8-20(9-11-21)17-25(30(37)38)33-29(36)26-7-4-16-34(26)41(39,40)24-5-2-1-3-6-24/h1-3,5-6,8-11,22-23,25-26H,4,7,12-19H2,(H3,31,32)(H,33,36)(H,37,38)/t22?,23?,25-,26-/m0/s1. The first kappa shape index (κ1) is 30.4. The summed E-state index contributed by atoms with van der Waals surface area (Å²) in [6, 6.07) is 12.8. The molecule has 4 rings (SSSR count). The third-order valence-electron chi connectivity index (χ3n) is 8.12. The zero-order valence-electron chi connectivity index (χ0n) is 23.0. The molecule has 1 amide bonds. The Morgan fingerprint density at radius 3 is 2.22 bits per heavy atom. The topological polar surface area (TPSA) is 171 Å². The Labute approximate surface area is 240 Å². The molecule has 0 spiro atoms. The summed E-state index contributed by atoms with van der Waals surface area (Å²) < 4.78 is 27.4. The Kier molecular flexibility index (Phi) is 9.93. The van der Waals surface area contributed by atoms with Gasteiger partial charge in [0, 0.05) is 31.7 Å². The lowest BCUT2D eigenvalue weighted by Gasteiger charge is -2.27. The number of benzene rings is 2. The van der Waals surface area contributed by atoms with E-state index in [0.29, 0.717) is 37.2 Å². The molecule has 0 unspecified atom stereocenters. The van der Waals surface area contributed by atoms with Crippen LogP contribution in [0.25, 0.3) is 0 Å². The van der Waals surface area contributed by atoms with Crippen LogP contribution in [0, 0.1) is 17.2 Å². The van der Waals surface area contributed by atoms with Gasteiger partial charge in [0.1, 0.15) is 17.9 Å². The van der Waals surface area contributed by atoms with E-state index in [1.54, 1.807) is 42.5 Å². The van der Waals surface area contributed by atoms with Crippen LogP contribution in [-0.4, -0.2) is 60.0 Å². The van der Waals surface area contributed by atoms with Gasteiger partial charge in [-0.15, -0.1) is 0 Å². The van der Waals surface area contributed by atoms with Crippen molar-refractivity contribution in [3.63, 3.8) is 0 Å². The molecule has 10 nitrogen and oxygen atoms in total. The van der Waals surface area contributed by atoms with Crippen molar-refractivity contribution in [1.82, 2.24) is 9.62 Å². The van der Waals surface area contributed by atoms with E-state index in [2.05, 4.69) is 5.32 Å². The Balaban J connectivity index is 1.33. The first-order chi connectivity index (χ1) is 19.5. The number of aliphatic carboxylic acids is 1. The molecule has 1 saturated heterocycles. The molecule has 1 aliphatic heterocycles. The first-order valence-electron chi connectivity index (χ1n) is 14.1. The van der Waals surface area contributed by atoms with Crippen molar-refractivity contribution in [3.8, 4) is 0 Å². The largest absolute Gasteiger partial charge is 0.480 e. The second kappa shape index (κ2) is 13.4. The molecule has 2 atom stereocenters. The maximum Gasteiger partial charge on any atom is 0.326 e. The molecule has 1 aliphatic carbocycles. The van der Waals surface area contributed by atoms with Crippen LogP contribution in [0.3, 0.4) is 0 Å². The summed E-state index contributed by atoms with van der Waals surface area (Å²) in [5.41, 5.74) is 7.03. The lowest BCUT2D eigenvalue weighted by molar-refractivity contribution is -0.142. The molecule has 0 radical (unpaired) electrons. The van der Waals surface area contributed by atoms with Gasteiger partial charge in [-0.25, -0.2) is 13.2 Å². The van der Waals surface area contributed by atoms with E-state index in [0.717, 1.165) is 35.6 Å². The quantitative estimate of drug-likeness (QED) is 0.220. The van der Waals surface area contributed by atoms with Crippen molar-refractivity contribution in [1.29, 1.82) is 5.41 Å². The van der Waals surface area contributed by atoms with Crippen LogP contribution in [0.2, 0.25) is 0 Å². The molecule has 5 N–H and O–H groups in total. The van der Waals surface area contributed by atoms with Gasteiger partial charge in [-0.05, 0) is 67.7 Å². The Bertz CT molecular complexity index is 1360. The second-order valence-electron chi connectivity index (χ2n) is 11.1. The number of hydrogen-bond acceptors (Lipinski definition) is 6. The molecule has 220 valence electrons. The van der Waals surface area contributed by atoms with Gasteiger partial charge in [-0.1, -0.05) is 42.5 Å². The monoisotopic (exact) mass is 582 g/mol. The van der Waals surface area contributed by atoms with Crippen molar-refractivity contribution < 1.29 is 27.9 Å². The minimum absolute atomic E-state index is 0.00495. The van der Waals surface area contributed by atoms with Crippen molar-refractivity contribution in [2.24, 2.45) is 17.6 Å². The zero-order valence-corrected chi connectivity index (χ0v) is 23.8. The molecule has 11 heteroatoms. The maximum atomic E-state index is 13.1. The summed E-state index contributed by atoms with van der Waals surface area (Å²) in [6.07, 6.45) is 5.13. The highest BCUT2D eigenvalue weighted by Gasteiger charge is 2.40. The fourth-order valence-corrected chi connectivity index (χ4v) is 7.54. The van der Waals surface area contributed by atoms with E-state index in [9.17, 15) is 27.9 Å². The zero-order chi connectivity index (χ0) is 29.6. The van der Waals surface area contributed by atoms with Crippen molar-refractivity contribution in [2.45, 2.75) is 74.8 Å². The maximum absolute atomic E-state index is 13.1. The van der Waals surface area contributed by atoms with Gasteiger partial charge in [0.05, 0.1) is 10.7 Å². The molecular formula is C30H38N4O6S. The van der Waals surface area contributed by atoms with E-state index >= 15 is 0 Å². The minimum Gasteiger partial charge on any atom is -0.480 e. The summed E-state index contributed by atoms with van der Waals surface area (Å²) in [7, 11) is -3.89. The number of nitrogens with one attached hydrogen (secondary N) is 2. The summed E-state index contributed by atoms with van der Waals surface area (Å²) in [4.78, 5) is 38.1. The average Bonchev–Trinajstić information content (AvgIpc) is 3.45. The fourth-order valence-electron chi connectivity index (χ4n) is 5.86. The number of amidine groups is 1. The lowest BCUT2D eigenvalue weighted by Crippen LogP contribution is -2.51. The van der Waals surface area contributed by atoms with Crippen LogP contribution in [0.1, 0.15) is 56.1 Å². The number of carbonyl (C=O) groups excluding carboxylic acids is 2. The minimum atomic E-state index is -3.89. The van der Waals surface area contributed by atoms with Gasteiger partial charge >= 0.3 is 5.97 Å². The molecule has 0 aromatic heterocycles. The smallest absolute Gasteiger partial charge is 0.326 e. The lowest BCUT2D eigenvalue weighted by atomic mass is 9.77. The summed E-state index contributed by atoms with van der Waals surface area (Å²) in [6.45, 7) is 0.188. The third-order valence-corrected chi connectivity index (χ3v) is 10.0. The van der Waals surface area contributed by atoms with Gasteiger partial charge in [-0.2, -0.15) is 4.31 Å². The van der Waals surface area contributed by atoms with Gasteiger partial charge in [0.15, 0.2) is 0 Å². The van der Waals surface area contributed by atoms with Crippen LogP contribution in [0.5, 0.6) is 0 Å². The molecule has 2 aromatic carbocycles. The van der Waals surface area contributed by atoms with Crippen LogP contribution in [0.15, 0.2) is 59.5 Å². The summed E-state index contributed by atoms with van der Waals surface area (Å²) in [5.74, 6) is -1.08. The Morgan fingerprint density at radius 1 is 0.976 bits per heavy atom. The average molecular weight is 583 g/mol. The van der Waals surface area contributed by atoms with Crippen LogP contribution < -0.4 is 11.1 Å². The summed E-state index contributed by atoms with van der Waals surface area (Å²) in [5, 5.41) is 19.8. The highest BCUT2D eigenvalue weighted by molar-refractivity contribution is 7.89. The number of rotatable bonds is 12. The SMILES string of the molecule is N=C(N)CC1CCC(C(=O)Cc2ccc(C[C@H](NC(=O)[C@@H]3CCCN3S(=O)(=O)c3ccccc3)C(=O)O)cc2)CC1. The number of carboxylic acid groups (broad SMARTS) is 1. The van der Waals surface area contributed by atoms with Gasteiger partial charge in [0.2, 0.25) is 15.9 Å². The number of carbonyl (C=O) groups is 3. The Morgan fingerprint density at radius 2 is 1.61 bits per heavy atom. The predicted molar refractivity (Wildman–Crippen MR) is 154 cm³/mol. The number of nitrogens with zero attached hydrogens (tertiary/aromatic N) is 1. The molecular weight excluding hydrogens is 544 g/mol. The van der Waals surface area contributed by atoms with E-state index in [-0.39, 0.29) is 35.4 Å². The third kappa shape index (κ3) is 7.80. The number of Topliss-reactive ketones (excluding diaryl/α,β-unsaturated/α-hetero) is 1. The molecule has 2 fully saturated rings. The number of ketones is 1. The Hall–Kier alpha value is -3.57. The normalized spacial score (nSPS) is 22.1. The van der Waals surface area contributed by atoms with E-state index < -0.39 is 34.0 Å². The molecule has 2 aliphatic rings.